The van der Waals surface area contributed by atoms with Crippen LogP contribution in [0.25, 0.3) is 0 Å². The van der Waals surface area contributed by atoms with Crippen molar-refractivity contribution in [2.24, 2.45) is 0 Å². The highest BCUT2D eigenvalue weighted by Gasteiger charge is 2.33. The monoisotopic (exact) mass is 329 g/mol. The molecule has 0 aromatic carbocycles. The van der Waals surface area contributed by atoms with Crippen LogP contribution in [0.4, 0.5) is 0 Å². The van der Waals surface area contributed by atoms with Gasteiger partial charge in [0.15, 0.2) is 5.82 Å². The Kier molecular flexibility index (Phi) is 4.60. The van der Waals surface area contributed by atoms with E-state index in [1.165, 1.54) is 64.0 Å². The number of unbranched alkanes of at least 4 members (excludes halogenated alkanes) is 1. The zero-order valence-corrected chi connectivity index (χ0v) is 14.5. The SMILES string of the molecule is CCCCN1CCC(c2nnc(Cn3cncn3)n2C2CC2)CC1. The van der Waals surface area contributed by atoms with Gasteiger partial charge in [0.05, 0.1) is 0 Å². The molecule has 0 unspecified atom stereocenters. The van der Waals surface area contributed by atoms with Crippen LogP contribution >= 0.6 is 0 Å². The second-order valence-corrected chi connectivity index (χ2v) is 7.14. The first-order valence-corrected chi connectivity index (χ1v) is 9.33. The molecule has 3 heterocycles. The van der Waals surface area contributed by atoms with Gasteiger partial charge in [-0.15, -0.1) is 10.2 Å². The molecule has 2 aromatic heterocycles. The highest BCUT2D eigenvalue weighted by molar-refractivity contribution is 5.09. The average molecular weight is 329 g/mol. The molecule has 0 spiro atoms. The predicted octanol–water partition coefficient (Wildman–Crippen LogP) is 2.23. The Morgan fingerprint density at radius 2 is 1.96 bits per heavy atom. The summed E-state index contributed by atoms with van der Waals surface area (Å²) in [5.74, 6) is 2.80. The Morgan fingerprint density at radius 3 is 2.62 bits per heavy atom. The Hall–Kier alpha value is -1.76. The van der Waals surface area contributed by atoms with Gasteiger partial charge in [-0.25, -0.2) is 9.67 Å². The fraction of sp³-hybridized carbons (Fsp3) is 0.765. The van der Waals surface area contributed by atoms with E-state index in [4.69, 9.17) is 0 Å². The van der Waals surface area contributed by atoms with E-state index in [-0.39, 0.29) is 0 Å². The number of nitrogens with zero attached hydrogens (tertiary/aromatic N) is 7. The van der Waals surface area contributed by atoms with E-state index in [1.54, 1.807) is 12.7 Å². The summed E-state index contributed by atoms with van der Waals surface area (Å²) in [7, 11) is 0. The van der Waals surface area contributed by atoms with E-state index in [0.717, 1.165) is 5.82 Å². The van der Waals surface area contributed by atoms with E-state index in [9.17, 15) is 0 Å². The zero-order chi connectivity index (χ0) is 16.4. The van der Waals surface area contributed by atoms with E-state index >= 15 is 0 Å². The molecule has 0 amide bonds. The molecule has 2 aromatic rings. The molecule has 7 nitrogen and oxygen atoms in total. The van der Waals surface area contributed by atoms with Crippen LogP contribution in [0.1, 0.15) is 69.1 Å². The topological polar surface area (TPSA) is 64.7 Å². The quantitative estimate of drug-likeness (QED) is 0.779. The van der Waals surface area contributed by atoms with Gasteiger partial charge in [0.1, 0.15) is 25.0 Å². The number of hydrogen-bond acceptors (Lipinski definition) is 5. The van der Waals surface area contributed by atoms with Crippen LogP contribution in [0, 0.1) is 0 Å². The summed E-state index contributed by atoms with van der Waals surface area (Å²) in [6, 6.07) is 0.603. The van der Waals surface area contributed by atoms with Crippen molar-refractivity contribution in [3.8, 4) is 0 Å². The molecule has 0 radical (unpaired) electrons. The van der Waals surface area contributed by atoms with Gasteiger partial charge in [-0.3, -0.25) is 0 Å². The van der Waals surface area contributed by atoms with Gasteiger partial charge in [0.2, 0.25) is 0 Å². The summed E-state index contributed by atoms with van der Waals surface area (Å²) in [5.41, 5.74) is 0. The second-order valence-electron chi connectivity index (χ2n) is 7.14. The first kappa shape index (κ1) is 15.7. The van der Waals surface area contributed by atoms with Crippen molar-refractivity contribution in [1.29, 1.82) is 0 Å². The average Bonchev–Trinajstić information content (AvgIpc) is 3.15. The lowest BCUT2D eigenvalue weighted by atomic mass is 9.95. The molecule has 2 aliphatic rings. The van der Waals surface area contributed by atoms with Crippen molar-refractivity contribution in [1.82, 2.24) is 34.4 Å². The predicted molar refractivity (Wildman–Crippen MR) is 90.7 cm³/mol. The third kappa shape index (κ3) is 3.36. The smallest absolute Gasteiger partial charge is 0.155 e. The lowest BCUT2D eigenvalue weighted by Crippen LogP contribution is -2.34. The Balaban J connectivity index is 1.46. The molecular weight excluding hydrogens is 302 g/mol. The third-order valence-corrected chi connectivity index (χ3v) is 5.26. The lowest BCUT2D eigenvalue weighted by Gasteiger charge is -2.31. The number of piperidine rings is 1. The van der Waals surface area contributed by atoms with Gasteiger partial charge in [-0.05, 0) is 51.7 Å². The maximum atomic E-state index is 4.60. The molecule has 0 bridgehead atoms. The van der Waals surface area contributed by atoms with E-state index in [0.29, 0.717) is 18.5 Å². The molecule has 7 heteroatoms. The van der Waals surface area contributed by atoms with Crippen LogP contribution in [-0.4, -0.2) is 54.1 Å². The summed E-state index contributed by atoms with van der Waals surface area (Å²) in [6.07, 6.45) is 10.8. The number of likely N-dealkylation sites (tertiary alicyclic amines) is 1. The van der Waals surface area contributed by atoms with Crippen molar-refractivity contribution in [3.63, 3.8) is 0 Å². The maximum absolute atomic E-state index is 4.60. The molecule has 1 aliphatic heterocycles. The molecule has 130 valence electrons. The van der Waals surface area contributed by atoms with E-state index in [2.05, 4.69) is 36.7 Å². The van der Waals surface area contributed by atoms with Crippen LogP contribution in [0.2, 0.25) is 0 Å². The van der Waals surface area contributed by atoms with Crippen LogP contribution in [0.5, 0.6) is 0 Å². The summed E-state index contributed by atoms with van der Waals surface area (Å²) in [6.45, 7) is 6.57. The zero-order valence-electron chi connectivity index (χ0n) is 14.5. The van der Waals surface area contributed by atoms with Gasteiger partial charge in [-0.1, -0.05) is 13.3 Å². The van der Waals surface area contributed by atoms with Gasteiger partial charge >= 0.3 is 0 Å². The summed E-state index contributed by atoms with van der Waals surface area (Å²) in [4.78, 5) is 6.63. The highest BCUT2D eigenvalue weighted by atomic mass is 15.4. The van der Waals surface area contributed by atoms with Crippen molar-refractivity contribution in [3.05, 3.63) is 24.3 Å². The molecule has 1 saturated heterocycles. The molecule has 4 rings (SSSR count). The molecule has 1 saturated carbocycles. The molecule has 2 fully saturated rings. The Bertz CT molecular complexity index is 636. The molecule has 24 heavy (non-hydrogen) atoms. The third-order valence-electron chi connectivity index (χ3n) is 5.26. The molecule has 0 N–H and O–H groups in total. The van der Waals surface area contributed by atoms with Crippen molar-refractivity contribution >= 4 is 0 Å². The molecule has 1 aliphatic carbocycles. The van der Waals surface area contributed by atoms with Crippen LogP contribution in [0.15, 0.2) is 12.7 Å². The van der Waals surface area contributed by atoms with Gasteiger partial charge in [0.25, 0.3) is 0 Å². The minimum atomic E-state index is 0.556. The van der Waals surface area contributed by atoms with Crippen molar-refractivity contribution < 1.29 is 0 Å². The minimum absolute atomic E-state index is 0.556. The highest BCUT2D eigenvalue weighted by Crippen LogP contribution is 2.39. The van der Waals surface area contributed by atoms with Crippen molar-refractivity contribution in [2.45, 2.75) is 64.0 Å². The van der Waals surface area contributed by atoms with Crippen LogP contribution in [0.3, 0.4) is 0 Å². The summed E-state index contributed by atoms with van der Waals surface area (Å²) in [5, 5.41) is 13.3. The Labute approximate surface area is 143 Å². The Morgan fingerprint density at radius 1 is 1.12 bits per heavy atom. The summed E-state index contributed by atoms with van der Waals surface area (Å²) < 4.78 is 4.24. The summed E-state index contributed by atoms with van der Waals surface area (Å²) >= 11 is 0. The minimum Gasteiger partial charge on any atom is -0.310 e. The first-order chi connectivity index (χ1) is 11.8. The second kappa shape index (κ2) is 7.01. The number of rotatable bonds is 7. The van der Waals surface area contributed by atoms with E-state index < -0.39 is 0 Å². The van der Waals surface area contributed by atoms with Crippen LogP contribution < -0.4 is 0 Å². The molecule has 0 atom stereocenters. The number of aromatic nitrogens is 6. The fourth-order valence-electron chi connectivity index (χ4n) is 3.71. The normalized spacial score (nSPS) is 19.9. The maximum Gasteiger partial charge on any atom is 0.155 e. The van der Waals surface area contributed by atoms with Crippen LogP contribution in [-0.2, 0) is 6.54 Å². The van der Waals surface area contributed by atoms with Gasteiger partial charge in [-0.2, -0.15) is 5.10 Å². The van der Waals surface area contributed by atoms with Crippen molar-refractivity contribution in [2.75, 3.05) is 19.6 Å². The largest absolute Gasteiger partial charge is 0.310 e. The number of hydrogen-bond donors (Lipinski definition) is 0. The van der Waals surface area contributed by atoms with Gasteiger partial charge in [0, 0.05) is 12.0 Å². The lowest BCUT2D eigenvalue weighted by molar-refractivity contribution is 0.205. The molecular formula is C17H27N7. The first-order valence-electron chi connectivity index (χ1n) is 9.33. The standard InChI is InChI=1S/C17H27N7/c1-2-3-8-22-9-6-14(7-10-22)17-21-20-16(24(17)15-4-5-15)11-23-13-18-12-19-23/h12-15H,2-11H2,1H3. The van der Waals surface area contributed by atoms with E-state index in [1.807, 2.05) is 4.68 Å². The fourth-order valence-corrected chi connectivity index (χ4v) is 3.71. The van der Waals surface area contributed by atoms with Gasteiger partial charge < -0.3 is 9.47 Å².